The van der Waals surface area contributed by atoms with E-state index in [1.807, 2.05) is 0 Å². The molecule has 1 aromatic heterocycles. The molecule has 2 aromatic rings. The van der Waals surface area contributed by atoms with Crippen LogP contribution in [0, 0.1) is 10.1 Å². The maximum atomic E-state index is 11.3. The fourth-order valence-electron chi connectivity index (χ4n) is 2.54. The summed E-state index contributed by atoms with van der Waals surface area (Å²) in [7, 11) is 0. The normalized spacial score (nSPS) is 18.1. The van der Waals surface area contributed by atoms with Gasteiger partial charge in [0.2, 0.25) is 0 Å². The van der Waals surface area contributed by atoms with Crippen molar-refractivity contribution >= 4 is 12.0 Å². The van der Waals surface area contributed by atoms with Crippen LogP contribution in [0.3, 0.4) is 0 Å². The molecule has 7 heteroatoms. The number of rotatable bonds is 4. The number of aromatic nitrogens is 2. The van der Waals surface area contributed by atoms with Crippen molar-refractivity contribution < 1.29 is 14.5 Å². The fourth-order valence-corrected chi connectivity index (χ4v) is 2.54. The predicted molar refractivity (Wildman–Crippen MR) is 78.5 cm³/mol. The zero-order chi connectivity index (χ0) is 15.5. The Kier molecular flexibility index (Phi) is 3.97. The van der Waals surface area contributed by atoms with E-state index < -0.39 is 4.92 Å². The van der Waals surface area contributed by atoms with E-state index in [1.54, 1.807) is 23.0 Å². The van der Waals surface area contributed by atoms with Gasteiger partial charge in [-0.15, -0.1) is 0 Å². The van der Waals surface area contributed by atoms with Gasteiger partial charge in [0, 0.05) is 30.5 Å². The number of carbonyl (C=O) groups is 1. The van der Waals surface area contributed by atoms with E-state index in [9.17, 15) is 14.9 Å². The van der Waals surface area contributed by atoms with Crippen LogP contribution in [-0.4, -0.2) is 27.6 Å². The Morgan fingerprint density at radius 3 is 2.68 bits per heavy atom. The number of ether oxygens (including phenoxy) is 1. The Balaban J connectivity index is 1.93. The lowest BCUT2D eigenvalue weighted by Crippen LogP contribution is -2.18. The largest absolute Gasteiger partial charge is 0.357 e. The topological polar surface area (TPSA) is 87.3 Å². The highest BCUT2D eigenvalue weighted by Crippen LogP contribution is 2.27. The Morgan fingerprint density at radius 2 is 2.09 bits per heavy atom. The lowest BCUT2D eigenvalue weighted by molar-refractivity contribution is -0.384. The number of nitro groups is 1. The van der Waals surface area contributed by atoms with E-state index in [1.165, 1.54) is 12.1 Å². The van der Waals surface area contributed by atoms with Gasteiger partial charge < -0.3 is 4.74 Å². The Bertz CT molecular complexity index is 687. The number of non-ortho nitro benzene ring substituents is 1. The first-order valence-electron chi connectivity index (χ1n) is 7.10. The third-order valence-corrected chi connectivity index (χ3v) is 3.69. The molecule has 0 N–H and O–H groups in total. The van der Waals surface area contributed by atoms with Crippen LogP contribution >= 0.6 is 0 Å². The van der Waals surface area contributed by atoms with E-state index in [0.29, 0.717) is 23.4 Å². The predicted octanol–water partition coefficient (Wildman–Crippen LogP) is 2.97. The molecule has 114 valence electrons. The molecule has 0 radical (unpaired) electrons. The first-order chi connectivity index (χ1) is 10.7. The lowest BCUT2D eigenvalue weighted by Gasteiger charge is -2.22. The SMILES string of the molecule is O=Cc1cn(C2CCCCO2)nc1-c1ccc([N+](=O)[O-])cc1. The van der Waals surface area contributed by atoms with Crippen LogP contribution < -0.4 is 0 Å². The van der Waals surface area contributed by atoms with E-state index in [0.717, 1.165) is 25.5 Å². The van der Waals surface area contributed by atoms with Gasteiger partial charge in [-0.1, -0.05) is 0 Å². The van der Waals surface area contributed by atoms with Crippen molar-refractivity contribution in [1.82, 2.24) is 9.78 Å². The van der Waals surface area contributed by atoms with E-state index in [2.05, 4.69) is 5.10 Å². The number of hydrogen-bond donors (Lipinski definition) is 0. The smallest absolute Gasteiger partial charge is 0.269 e. The molecule has 1 aliphatic heterocycles. The molecule has 22 heavy (non-hydrogen) atoms. The van der Waals surface area contributed by atoms with Crippen LogP contribution in [0.4, 0.5) is 5.69 Å². The monoisotopic (exact) mass is 301 g/mol. The van der Waals surface area contributed by atoms with Crippen LogP contribution in [0.2, 0.25) is 0 Å². The van der Waals surface area contributed by atoms with Crippen molar-refractivity contribution in [3.05, 3.63) is 46.1 Å². The highest BCUT2D eigenvalue weighted by atomic mass is 16.6. The van der Waals surface area contributed by atoms with E-state index >= 15 is 0 Å². The summed E-state index contributed by atoms with van der Waals surface area (Å²) in [5.74, 6) is 0. The minimum atomic E-state index is -0.459. The maximum Gasteiger partial charge on any atom is 0.269 e. The summed E-state index contributed by atoms with van der Waals surface area (Å²) in [6.45, 7) is 0.688. The van der Waals surface area contributed by atoms with Gasteiger partial charge in [0.05, 0.1) is 10.5 Å². The molecule has 0 bridgehead atoms. The van der Waals surface area contributed by atoms with Gasteiger partial charge in [-0.05, 0) is 31.4 Å². The second-order valence-electron chi connectivity index (χ2n) is 5.16. The molecule has 1 saturated heterocycles. The zero-order valence-electron chi connectivity index (χ0n) is 11.8. The Hall–Kier alpha value is -2.54. The van der Waals surface area contributed by atoms with Gasteiger partial charge in [0.15, 0.2) is 6.29 Å². The van der Waals surface area contributed by atoms with Crippen molar-refractivity contribution in [3.63, 3.8) is 0 Å². The molecule has 0 spiro atoms. The van der Waals surface area contributed by atoms with Gasteiger partial charge in [0.1, 0.15) is 11.9 Å². The van der Waals surface area contributed by atoms with Crippen LogP contribution in [0.25, 0.3) is 11.3 Å². The Morgan fingerprint density at radius 1 is 1.32 bits per heavy atom. The summed E-state index contributed by atoms with van der Waals surface area (Å²) in [6.07, 6.45) is 5.21. The second-order valence-corrected chi connectivity index (χ2v) is 5.16. The summed E-state index contributed by atoms with van der Waals surface area (Å²) in [4.78, 5) is 21.5. The van der Waals surface area contributed by atoms with Gasteiger partial charge in [-0.2, -0.15) is 5.10 Å². The van der Waals surface area contributed by atoms with Gasteiger partial charge in [0.25, 0.3) is 5.69 Å². The average molecular weight is 301 g/mol. The molecule has 0 saturated carbocycles. The van der Waals surface area contributed by atoms with Gasteiger partial charge >= 0.3 is 0 Å². The van der Waals surface area contributed by atoms with Crippen LogP contribution in [0.15, 0.2) is 30.5 Å². The maximum absolute atomic E-state index is 11.3. The molecular formula is C15H15N3O4. The highest BCUT2D eigenvalue weighted by Gasteiger charge is 2.20. The highest BCUT2D eigenvalue weighted by molar-refractivity contribution is 5.85. The van der Waals surface area contributed by atoms with Crippen molar-refractivity contribution in [2.45, 2.75) is 25.5 Å². The molecule has 1 atom stereocenters. The standard InChI is InChI=1S/C15H15N3O4/c19-10-12-9-17(14-3-1-2-8-22-14)16-15(12)11-4-6-13(7-5-11)18(20)21/h4-7,9-10,14H,1-3,8H2. The second kappa shape index (κ2) is 6.07. The van der Waals surface area contributed by atoms with Gasteiger partial charge in [-0.25, -0.2) is 4.68 Å². The minimum absolute atomic E-state index is 0.00597. The average Bonchev–Trinajstić information content (AvgIpc) is 3.00. The summed E-state index contributed by atoms with van der Waals surface area (Å²) < 4.78 is 7.32. The number of nitro benzene ring substituents is 1. The molecule has 2 heterocycles. The van der Waals surface area contributed by atoms with E-state index in [4.69, 9.17) is 4.74 Å². The molecule has 1 unspecified atom stereocenters. The van der Waals surface area contributed by atoms with Gasteiger partial charge in [-0.3, -0.25) is 14.9 Å². The number of carbonyl (C=O) groups excluding carboxylic acids is 1. The van der Waals surface area contributed by atoms with Crippen molar-refractivity contribution in [2.75, 3.05) is 6.61 Å². The first kappa shape index (κ1) is 14.4. The summed E-state index contributed by atoms with van der Waals surface area (Å²) >= 11 is 0. The molecule has 0 aliphatic carbocycles. The Labute approximate surface area is 126 Å². The molecule has 3 rings (SSSR count). The molecule has 7 nitrogen and oxygen atoms in total. The number of nitrogens with zero attached hydrogens (tertiary/aromatic N) is 3. The van der Waals surface area contributed by atoms with E-state index in [-0.39, 0.29) is 11.9 Å². The molecular weight excluding hydrogens is 286 g/mol. The number of aldehydes is 1. The summed E-state index contributed by atoms with van der Waals surface area (Å²) in [5.41, 5.74) is 1.64. The van der Waals surface area contributed by atoms with Crippen molar-refractivity contribution in [2.24, 2.45) is 0 Å². The van der Waals surface area contributed by atoms with Crippen molar-refractivity contribution in [3.8, 4) is 11.3 Å². The van der Waals surface area contributed by atoms with Crippen molar-refractivity contribution in [1.29, 1.82) is 0 Å². The number of benzene rings is 1. The molecule has 0 amide bonds. The molecule has 1 aromatic carbocycles. The minimum Gasteiger partial charge on any atom is -0.357 e. The zero-order valence-corrected chi connectivity index (χ0v) is 11.8. The summed E-state index contributed by atoms with van der Waals surface area (Å²) in [6, 6.07) is 6.00. The third kappa shape index (κ3) is 2.75. The lowest BCUT2D eigenvalue weighted by atomic mass is 10.1. The quantitative estimate of drug-likeness (QED) is 0.492. The number of hydrogen-bond acceptors (Lipinski definition) is 5. The first-order valence-corrected chi connectivity index (χ1v) is 7.10. The van der Waals surface area contributed by atoms with Crippen LogP contribution in [0.1, 0.15) is 35.8 Å². The summed E-state index contributed by atoms with van der Waals surface area (Å²) in [5, 5.41) is 15.1. The molecule has 1 aliphatic rings. The fraction of sp³-hybridized carbons (Fsp3) is 0.333. The third-order valence-electron chi connectivity index (χ3n) is 3.69. The van der Waals surface area contributed by atoms with Crippen LogP contribution in [0.5, 0.6) is 0 Å². The van der Waals surface area contributed by atoms with Crippen LogP contribution in [-0.2, 0) is 4.74 Å². The molecule has 1 fully saturated rings.